The number of ether oxygens (including phenoxy) is 2. The molecule has 1 amide bonds. The van der Waals surface area contributed by atoms with Crippen LogP contribution < -0.4 is 0 Å². The molecule has 144 valence electrons. The first kappa shape index (κ1) is 20.3. The van der Waals surface area contributed by atoms with Crippen LogP contribution in [0, 0.1) is 0 Å². The van der Waals surface area contributed by atoms with Gasteiger partial charge in [0.15, 0.2) is 6.61 Å². The second kappa shape index (κ2) is 8.15. The van der Waals surface area contributed by atoms with Crippen LogP contribution in [0.1, 0.15) is 24.2 Å². The molecule has 0 saturated carbocycles. The largest absolute Gasteiger partial charge is 0.452 e. The Hall–Kier alpha value is -1.97. The van der Waals surface area contributed by atoms with E-state index in [-0.39, 0.29) is 28.6 Å². The number of esters is 1. The Morgan fingerprint density at radius 2 is 1.85 bits per heavy atom. The summed E-state index contributed by atoms with van der Waals surface area (Å²) in [6, 6.07) is 5.54. The summed E-state index contributed by atoms with van der Waals surface area (Å²) in [5, 5.41) is 0. The zero-order chi connectivity index (χ0) is 19.5. The summed E-state index contributed by atoms with van der Waals surface area (Å²) in [5.74, 6) is -1.05. The van der Waals surface area contributed by atoms with Crippen molar-refractivity contribution in [1.82, 2.24) is 9.21 Å². The third-order valence-corrected chi connectivity index (χ3v) is 5.76. The Morgan fingerprint density at radius 1 is 1.23 bits per heavy atom. The number of carbonyl (C=O) groups excluding carboxylic acids is 2. The molecule has 9 heteroatoms. The molecule has 1 aromatic rings. The van der Waals surface area contributed by atoms with Crippen LogP contribution in [0.15, 0.2) is 29.2 Å². The van der Waals surface area contributed by atoms with Crippen molar-refractivity contribution in [3.63, 3.8) is 0 Å². The van der Waals surface area contributed by atoms with Gasteiger partial charge in [-0.25, -0.2) is 17.5 Å². The van der Waals surface area contributed by atoms with Crippen LogP contribution in [-0.4, -0.2) is 75.5 Å². The first-order valence-electron chi connectivity index (χ1n) is 8.24. The van der Waals surface area contributed by atoms with Crippen molar-refractivity contribution in [3.8, 4) is 0 Å². The van der Waals surface area contributed by atoms with Crippen molar-refractivity contribution >= 4 is 21.9 Å². The van der Waals surface area contributed by atoms with Gasteiger partial charge >= 0.3 is 5.97 Å². The minimum absolute atomic E-state index is 0.0147. The average Bonchev–Trinajstić information content (AvgIpc) is 2.58. The van der Waals surface area contributed by atoms with Crippen molar-refractivity contribution in [2.75, 3.05) is 33.8 Å². The lowest BCUT2D eigenvalue weighted by Crippen LogP contribution is -2.49. The van der Waals surface area contributed by atoms with Crippen molar-refractivity contribution in [2.24, 2.45) is 0 Å². The molecule has 1 heterocycles. The van der Waals surface area contributed by atoms with Gasteiger partial charge in [0.25, 0.3) is 5.91 Å². The zero-order valence-electron chi connectivity index (χ0n) is 15.3. The Labute approximate surface area is 153 Å². The normalized spacial score (nSPS) is 20.9. The Balaban J connectivity index is 2.01. The molecule has 1 saturated heterocycles. The SMILES string of the molecule is C[C@H]1CN(C(=O)COC(=O)c2cccc(S(=O)(=O)N(C)C)c2)C[C@H](C)O1. The lowest BCUT2D eigenvalue weighted by molar-refractivity contribution is -0.146. The van der Waals surface area contributed by atoms with E-state index in [2.05, 4.69) is 0 Å². The third kappa shape index (κ3) is 4.80. The molecule has 1 aliphatic heterocycles. The molecule has 0 aliphatic carbocycles. The maximum atomic E-state index is 12.2. The molecule has 0 aromatic heterocycles. The summed E-state index contributed by atoms with van der Waals surface area (Å²) < 4.78 is 36.0. The molecule has 0 N–H and O–H groups in total. The predicted octanol–water partition coefficient (Wildman–Crippen LogP) is 0.730. The van der Waals surface area contributed by atoms with Crippen LogP contribution >= 0.6 is 0 Å². The second-order valence-corrected chi connectivity index (χ2v) is 8.60. The highest BCUT2D eigenvalue weighted by Gasteiger charge is 2.26. The van der Waals surface area contributed by atoms with Crippen LogP contribution in [-0.2, 0) is 24.3 Å². The number of morpholine rings is 1. The summed E-state index contributed by atoms with van der Waals surface area (Å²) >= 11 is 0. The first-order valence-corrected chi connectivity index (χ1v) is 9.68. The van der Waals surface area contributed by atoms with Gasteiger partial charge in [-0.3, -0.25) is 4.79 Å². The zero-order valence-corrected chi connectivity index (χ0v) is 16.2. The average molecular weight is 384 g/mol. The fraction of sp³-hybridized carbons (Fsp3) is 0.529. The van der Waals surface area contributed by atoms with E-state index >= 15 is 0 Å². The highest BCUT2D eigenvalue weighted by molar-refractivity contribution is 7.89. The van der Waals surface area contributed by atoms with Crippen LogP contribution in [0.5, 0.6) is 0 Å². The quantitative estimate of drug-likeness (QED) is 0.695. The summed E-state index contributed by atoms with van der Waals surface area (Å²) in [7, 11) is -0.845. The molecule has 8 nitrogen and oxygen atoms in total. The summed E-state index contributed by atoms with van der Waals surface area (Å²) in [6.07, 6.45) is -0.155. The number of hydrogen-bond donors (Lipinski definition) is 0. The topological polar surface area (TPSA) is 93.2 Å². The third-order valence-electron chi connectivity index (χ3n) is 3.95. The first-order chi connectivity index (χ1) is 12.1. The highest BCUT2D eigenvalue weighted by atomic mass is 32.2. The molecule has 2 rings (SSSR count). The maximum absolute atomic E-state index is 12.2. The maximum Gasteiger partial charge on any atom is 0.338 e. The number of carbonyl (C=O) groups is 2. The minimum Gasteiger partial charge on any atom is -0.452 e. The number of benzene rings is 1. The van der Waals surface area contributed by atoms with Crippen LogP contribution in [0.25, 0.3) is 0 Å². The van der Waals surface area contributed by atoms with E-state index in [0.29, 0.717) is 13.1 Å². The van der Waals surface area contributed by atoms with Gasteiger partial charge in [-0.1, -0.05) is 6.07 Å². The smallest absolute Gasteiger partial charge is 0.338 e. The Morgan fingerprint density at radius 3 is 2.42 bits per heavy atom. The minimum atomic E-state index is -3.66. The molecule has 26 heavy (non-hydrogen) atoms. The summed E-state index contributed by atoms with van der Waals surface area (Å²) in [5.41, 5.74) is 0.0736. The van der Waals surface area contributed by atoms with E-state index in [9.17, 15) is 18.0 Å². The van der Waals surface area contributed by atoms with E-state index in [1.807, 2.05) is 13.8 Å². The molecule has 1 fully saturated rings. The molecule has 1 aliphatic rings. The van der Waals surface area contributed by atoms with Gasteiger partial charge in [0.2, 0.25) is 10.0 Å². The van der Waals surface area contributed by atoms with Gasteiger partial charge in [-0.15, -0.1) is 0 Å². The summed E-state index contributed by atoms with van der Waals surface area (Å²) in [6.45, 7) is 4.23. The van der Waals surface area contributed by atoms with Crippen molar-refractivity contribution in [2.45, 2.75) is 31.0 Å². The lowest BCUT2D eigenvalue weighted by Gasteiger charge is -2.35. The van der Waals surface area contributed by atoms with Crippen LogP contribution in [0.3, 0.4) is 0 Å². The van der Waals surface area contributed by atoms with Crippen LogP contribution in [0.2, 0.25) is 0 Å². The van der Waals surface area contributed by atoms with E-state index in [1.165, 1.54) is 38.4 Å². The Bertz CT molecular complexity index is 767. The van der Waals surface area contributed by atoms with Gasteiger partial charge in [0.05, 0.1) is 22.7 Å². The van der Waals surface area contributed by atoms with Crippen molar-refractivity contribution in [3.05, 3.63) is 29.8 Å². The standard InChI is InChI=1S/C17H24N2O6S/c1-12-9-19(10-13(2)25-12)16(20)11-24-17(21)14-6-5-7-15(8-14)26(22,23)18(3)4/h5-8,12-13H,9-11H2,1-4H3/t12-,13-/m0/s1. The number of hydrogen-bond acceptors (Lipinski definition) is 6. The molecule has 0 unspecified atom stereocenters. The number of rotatable bonds is 5. The lowest BCUT2D eigenvalue weighted by atomic mass is 10.2. The number of nitrogens with zero attached hydrogens (tertiary/aromatic N) is 2. The number of amides is 1. The molecule has 1 aromatic carbocycles. The van der Waals surface area contributed by atoms with Gasteiger partial charge in [-0.2, -0.15) is 0 Å². The molecule has 0 spiro atoms. The fourth-order valence-corrected chi connectivity index (χ4v) is 3.63. The van der Waals surface area contributed by atoms with Crippen molar-refractivity contribution < 1.29 is 27.5 Å². The van der Waals surface area contributed by atoms with E-state index in [4.69, 9.17) is 9.47 Å². The summed E-state index contributed by atoms with van der Waals surface area (Å²) in [4.78, 5) is 26.0. The van der Waals surface area contributed by atoms with Gasteiger partial charge in [-0.05, 0) is 32.0 Å². The Kier molecular flexibility index (Phi) is 6.38. The predicted molar refractivity (Wildman–Crippen MR) is 94.2 cm³/mol. The van der Waals surface area contributed by atoms with Gasteiger partial charge < -0.3 is 14.4 Å². The monoisotopic (exact) mass is 384 g/mol. The van der Waals surface area contributed by atoms with Crippen molar-refractivity contribution in [1.29, 1.82) is 0 Å². The number of sulfonamides is 1. The van der Waals surface area contributed by atoms with Gasteiger partial charge in [0, 0.05) is 27.2 Å². The molecular weight excluding hydrogens is 360 g/mol. The van der Waals surface area contributed by atoms with Crippen LogP contribution in [0.4, 0.5) is 0 Å². The van der Waals surface area contributed by atoms with Gasteiger partial charge in [0.1, 0.15) is 0 Å². The van der Waals surface area contributed by atoms with E-state index in [1.54, 1.807) is 4.90 Å². The van der Waals surface area contributed by atoms with E-state index < -0.39 is 22.6 Å². The molecule has 0 radical (unpaired) electrons. The highest BCUT2D eigenvalue weighted by Crippen LogP contribution is 2.16. The van der Waals surface area contributed by atoms with E-state index in [0.717, 1.165) is 4.31 Å². The second-order valence-electron chi connectivity index (χ2n) is 6.45. The fourth-order valence-electron chi connectivity index (χ4n) is 2.68. The molecule has 0 bridgehead atoms. The molecule has 2 atom stereocenters. The molecular formula is C17H24N2O6S.